The molecule has 1 aromatic carbocycles. The standard InChI is InChI=1S/C26H35BrN6O/c1-2-32-12-9-20(10-13-32)29-23-22(27)17-28-26-24(23)30-25(31-26)19-3-5-21(6-4-19)33-14-7-18(8-15-33)11-16-34/h3-6,17-18,20,34H,2,7-16H2,1H3,(H2,28,29,30,31). The molecule has 0 spiro atoms. The van der Waals surface area contributed by atoms with Gasteiger partial charge in [0, 0.05) is 56.3 Å². The third-order valence-corrected chi connectivity index (χ3v) is 8.11. The molecule has 2 aromatic heterocycles. The van der Waals surface area contributed by atoms with Gasteiger partial charge in [-0.3, -0.25) is 0 Å². The molecule has 0 amide bonds. The Morgan fingerprint density at radius 3 is 2.50 bits per heavy atom. The first-order valence-electron chi connectivity index (χ1n) is 12.6. The molecule has 2 aliphatic rings. The molecule has 3 N–H and O–H groups in total. The van der Waals surface area contributed by atoms with Crippen LogP contribution < -0.4 is 10.2 Å². The quantitative estimate of drug-likeness (QED) is 0.407. The van der Waals surface area contributed by atoms with Crippen LogP contribution in [0.5, 0.6) is 0 Å². The van der Waals surface area contributed by atoms with Gasteiger partial charge in [0.15, 0.2) is 5.65 Å². The second-order valence-corrected chi connectivity index (χ2v) is 10.5. The number of nitrogens with one attached hydrogen (secondary N) is 2. The average molecular weight is 528 g/mol. The summed E-state index contributed by atoms with van der Waals surface area (Å²) in [5.41, 5.74) is 5.04. The van der Waals surface area contributed by atoms with Crippen molar-refractivity contribution >= 4 is 38.5 Å². The Morgan fingerprint density at radius 2 is 1.82 bits per heavy atom. The van der Waals surface area contributed by atoms with Crippen LogP contribution in [0.25, 0.3) is 22.6 Å². The van der Waals surface area contributed by atoms with Gasteiger partial charge < -0.3 is 25.2 Å². The summed E-state index contributed by atoms with van der Waals surface area (Å²) in [7, 11) is 0. The third-order valence-electron chi connectivity index (χ3n) is 7.51. The first-order valence-corrected chi connectivity index (χ1v) is 13.4. The summed E-state index contributed by atoms with van der Waals surface area (Å²) < 4.78 is 0.955. The van der Waals surface area contributed by atoms with Gasteiger partial charge in [0.05, 0.1) is 10.2 Å². The fourth-order valence-electron chi connectivity index (χ4n) is 5.29. The topological polar surface area (TPSA) is 80.3 Å². The predicted molar refractivity (Wildman–Crippen MR) is 142 cm³/mol. The van der Waals surface area contributed by atoms with Crippen LogP contribution >= 0.6 is 15.9 Å². The SMILES string of the molecule is CCN1CCC(Nc2c(Br)cnc3[nH]c(-c4ccc(N5CCC(CCO)CC5)cc4)nc23)CC1. The maximum absolute atomic E-state index is 9.19. The van der Waals surface area contributed by atoms with E-state index >= 15 is 0 Å². The van der Waals surface area contributed by atoms with Crippen molar-refractivity contribution in [1.29, 1.82) is 0 Å². The van der Waals surface area contributed by atoms with Crippen molar-refractivity contribution in [3.63, 3.8) is 0 Å². The van der Waals surface area contributed by atoms with E-state index in [-0.39, 0.29) is 0 Å². The molecule has 0 atom stereocenters. The Bertz CT molecular complexity index is 1080. The molecule has 3 aromatic rings. The number of likely N-dealkylation sites (tertiary alicyclic amines) is 1. The van der Waals surface area contributed by atoms with Gasteiger partial charge in [-0.05, 0) is 84.8 Å². The first-order chi connectivity index (χ1) is 16.6. The highest BCUT2D eigenvalue weighted by molar-refractivity contribution is 9.10. The number of anilines is 2. The number of aliphatic hydroxyl groups excluding tert-OH is 1. The second-order valence-electron chi connectivity index (χ2n) is 9.61. The highest BCUT2D eigenvalue weighted by Gasteiger charge is 2.22. The molecule has 2 fully saturated rings. The van der Waals surface area contributed by atoms with E-state index < -0.39 is 0 Å². The highest BCUT2D eigenvalue weighted by atomic mass is 79.9. The van der Waals surface area contributed by atoms with Crippen molar-refractivity contribution in [2.75, 3.05) is 49.5 Å². The fourth-order valence-corrected chi connectivity index (χ4v) is 5.70. The molecule has 34 heavy (non-hydrogen) atoms. The third kappa shape index (κ3) is 5.09. The number of aromatic amines is 1. The van der Waals surface area contributed by atoms with Crippen LogP contribution in [-0.4, -0.2) is 70.3 Å². The lowest BCUT2D eigenvalue weighted by molar-refractivity contribution is 0.229. The number of hydrogen-bond donors (Lipinski definition) is 3. The van der Waals surface area contributed by atoms with Gasteiger partial charge >= 0.3 is 0 Å². The molecule has 0 unspecified atom stereocenters. The van der Waals surface area contributed by atoms with Crippen LogP contribution in [-0.2, 0) is 0 Å². The lowest BCUT2D eigenvalue weighted by Crippen LogP contribution is -2.38. The number of H-pyrrole nitrogens is 1. The van der Waals surface area contributed by atoms with Gasteiger partial charge in [-0.1, -0.05) is 6.92 Å². The maximum atomic E-state index is 9.19. The minimum absolute atomic E-state index is 0.303. The minimum Gasteiger partial charge on any atom is -0.396 e. The zero-order valence-corrected chi connectivity index (χ0v) is 21.5. The molecular weight excluding hydrogens is 492 g/mol. The van der Waals surface area contributed by atoms with Crippen LogP contribution in [0.1, 0.15) is 39.0 Å². The zero-order valence-electron chi connectivity index (χ0n) is 19.9. The number of nitrogens with zero attached hydrogens (tertiary/aromatic N) is 4. The normalized spacial score (nSPS) is 18.6. The number of imidazole rings is 1. The number of piperidine rings is 2. The maximum Gasteiger partial charge on any atom is 0.159 e. The smallest absolute Gasteiger partial charge is 0.159 e. The van der Waals surface area contributed by atoms with Crippen molar-refractivity contribution < 1.29 is 5.11 Å². The van der Waals surface area contributed by atoms with E-state index in [1.807, 2.05) is 6.20 Å². The number of pyridine rings is 1. The Labute approximate surface area is 210 Å². The number of aromatic nitrogens is 3. The molecule has 182 valence electrons. The van der Waals surface area contributed by atoms with Crippen molar-refractivity contribution in [2.45, 2.75) is 45.1 Å². The number of fused-ring (bicyclic) bond motifs is 1. The molecule has 4 heterocycles. The lowest BCUT2D eigenvalue weighted by Gasteiger charge is -2.33. The summed E-state index contributed by atoms with van der Waals surface area (Å²) >= 11 is 3.69. The van der Waals surface area contributed by atoms with Crippen LogP contribution in [0.2, 0.25) is 0 Å². The summed E-state index contributed by atoms with van der Waals surface area (Å²) in [6, 6.07) is 9.13. The summed E-state index contributed by atoms with van der Waals surface area (Å²) in [6.07, 6.45) is 7.37. The van der Waals surface area contributed by atoms with Gasteiger partial charge in [0.25, 0.3) is 0 Å². The van der Waals surface area contributed by atoms with Crippen molar-refractivity contribution in [2.24, 2.45) is 5.92 Å². The van der Waals surface area contributed by atoms with Crippen LogP contribution in [0.15, 0.2) is 34.9 Å². The van der Waals surface area contributed by atoms with E-state index in [1.54, 1.807) is 0 Å². The zero-order chi connectivity index (χ0) is 23.5. The Hall–Kier alpha value is -2.16. The highest BCUT2D eigenvalue weighted by Crippen LogP contribution is 2.33. The number of hydrogen-bond acceptors (Lipinski definition) is 6. The van der Waals surface area contributed by atoms with E-state index in [9.17, 15) is 5.11 Å². The van der Waals surface area contributed by atoms with Crippen molar-refractivity contribution in [3.8, 4) is 11.4 Å². The molecule has 7 nitrogen and oxygen atoms in total. The van der Waals surface area contributed by atoms with Gasteiger partial charge in [0.1, 0.15) is 11.3 Å². The average Bonchev–Trinajstić information content (AvgIpc) is 3.32. The van der Waals surface area contributed by atoms with E-state index in [4.69, 9.17) is 4.98 Å². The van der Waals surface area contributed by atoms with E-state index in [1.165, 1.54) is 5.69 Å². The molecule has 2 aliphatic heterocycles. The van der Waals surface area contributed by atoms with Gasteiger partial charge in [-0.2, -0.15) is 0 Å². The number of aliphatic hydroxyl groups is 1. The number of halogens is 1. The van der Waals surface area contributed by atoms with E-state index in [2.05, 4.69) is 72.2 Å². The van der Waals surface area contributed by atoms with Gasteiger partial charge in [0.2, 0.25) is 0 Å². The van der Waals surface area contributed by atoms with Crippen molar-refractivity contribution in [1.82, 2.24) is 19.9 Å². The summed E-state index contributed by atoms with van der Waals surface area (Å²) in [4.78, 5) is 17.9. The largest absolute Gasteiger partial charge is 0.396 e. The minimum atomic E-state index is 0.303. The first kappa shape index (κ1) is 23.6. The van der Waals surface area contributed by atoms with Crippen molar-refractivity contribution in [3.05, 3.63) is 34.9 Å². The molecular formula is C26H35BrN6O. The van der Waals surface area contributed by atoms with E-state index in [0.29, 0.717) is 18.6 Å². The fraction of sp³-hybridized carbons (Fsp3) is 0.538. The summed E-state index contributed by atoms with van der Waals surface area (Å²) in [6.45, 7) is 8.04. The summed E-state index contributed by atoms with van der Waals surface area (Å²) in [5, 5.41) is 12.9. The Morgan fingerprint density at radius 1 is 1.09 bits per heavy atom. The lowest BCUT2D eigenvalue weighted by atomic mass is 9.93. The Balaban J connectivity index is 1.31. The molecule has 0 radical (unpaired) electrons. The van der Waals surface area contributed by atoms with Crippen LogP contribution in [0.4, 0.5) is 11.4 Å². The van der Waals surface area contributed by atoms with Gasteiger partial charge in [-0.15, -0.1) is 0 Å². The monoisotopic (exact) mass is 526 g/mol. The van der Waals surface area contributed by atoms with Gasteiger partial charge in [-0.25, -0.2) is 9.97 Å². The molecule has 2 saturated heterocycles. The Kier molecular flexibility index (Phi) is 7.37. The summed E-state index contributed by atoms with van der Waals surface area (Å²) in [5.74, 6) is 1.50. The molecule has 0 saturated carbocycles. The van der Waals surface area contributed by atoms with Crippen LogP contribution in [0, 0.1) is 5.92 Å². The molecule has 8 heteroatoms. The predicted octanol–water partition coefficient (Wildman–Crippen LogP) is 4.88. The van der Waals surface area contributed by atoms with Crippen LogP contribution in [0.3, 0.4) is 0 Å². The number of rotatable bonds is 7. The number of benzene rings is 1. The van der Waals surface area contributed by atoms with E-state index in [0.717, 1.165) is 97.5 Å². The molecule has 0 bridgehead atoms. The molecule has 0 aliphatic carbocycles. The second kappa shape index (κ2) is 10.6. The molecule has 5 rings (SSSR count).